The van der Waals surface area contributed by atoms with Gasteiger partial charge < -0.3 is 55.7 Å². The molecule has 162 valence electrons. The van der Waals surface area contributed by atoms with Crippen LogP contribution in [0.3, 0.4) is 0 Å². The molecule has 0 bridgehead atoms. The molecule has 0 unspecified atom stereocenters. The maximum absolute atomic E-state index is 10.1. The van der Waals surface area contributed by atoms with Gasteiger partial charge in [0.1, 0.15) is 49.3 Å². The van der Waals surface area contributed by atoms with Crippen LogP contribution < -0.4 is 11.2 Å². The molecule has 0 aliphatic carbocycles. The van der Waals surface area contributed by atoms with Crippen molar-refractivity contribution in [2.24, 2.45) is 5.73 Å². The van der Waals surface area contributed by atoms with E-state index in [0.29, 0.717) is 13.1 Å². The zero-order valence-corrected chi connectivity index (χ0v) is 14.5. The molecule has 0 aromatic heterocycles. The van der Waals surface area contributed by atoms with Crippen LogP contribution in [0.2, 0.25) is 0 Å². The second-order valence-corrected chi connectivity index (χ2v) is 6.37. The molecular formula is C14H29N2NaO11. The van der Waals surface area contributed by atoms with Gasteiger partial charge in [-0.25, -0.2) is 5.48 Å². The Kier molecular flexibility index (Phi) is 11.1. The Bertz CT molecular complexity index is 467. The summed E-state index contributed by atoms with van der Waals surface area (Å²) in [5.74, 6) is -2.22. The summed E-state index contributed by atoms with van der Waals surface area (Å²) >= 11 is 0. The van der Waals surface area contributed by atoms with E-state index in [2.05, 4.69) is 5.48 Å². The van der Waals surface area contributed by atoms with Crippen LogP contribution in [-0.4, -0.2) is 153 Å². The molecular weight excluding hydrogens is 395 g/mol. The molecule has 0 saturated carbocycles. The third kappa shape index (κ3) is 5.59. The summed E-state index contributed by atoms with van der Waals surface area (Å²) in [6.45, 7) is -1.25. The number of rotatable bonds is 9. The number of hydroxylamine groups is 1. The van der Waals surface area contributed by atoms with Crippen molar-refractivity contribution in [1.29, 1.82) is 0 Å². The SMILES string of the molecule is NCCNOC[C@H]1O[C@H](O[C@]2(CO)O[C@H](CO)[C@@H](O)[C@@H]2O)[C@H](O)[C@@H](O)[C@@H]1O.[NaH]. The van der Waals surface area contributed by atoms with E-state index < -0.39 is 68.0 Å². The molecule has 0 amide bonds. The molecule has 2 aliphatic rings. The van der Waals surface area contributed by atoms with Crippen LogP contribution in [0.4, 0.5) is 0 Å². The molecule has 9 atom stereocenters. The molecule has 14 heteroatoms. The van der Waals surface area contributed by atoms with Crippen LogP contribution in [0.1, 0.15) is 0 Å². The van der Waals surface area contributed by atoms with Gasteiger partial charge in [0.05, 0.1) is 13.2 Å². The fraction of sp³-hybridized carbons (Fsp3) is 1.00. The van der Waals surface area contributed by atoms with Gasteiger partial charge in [0, 0.05) is 13.1 Å². The van der Waals surface area contributed by atoms with E-state index in [-0.39, 0.29) is 36.2 Å². The predicted molar refractivity (Wildman–Crippen MR) is 91.7 cm³/mol. The van der Waals surface area contributed by atoms with Crippen molar-refractivity contribution in [1.82, 2.24) is 5.48 Å². The first-order valence-electron chi connectivity index (χ1n) is 8.49. The van der Waals surface area contributed by atoms with E-state index in [1.807, 2.05) is 0 Å². The van der Waals surface area contributed by atoms with Crippen LogP contribution in [0.15, 0.2) is 0 Å². The third-order valence-electron chi connectivity index (χ3n) is 4.49. The monoisotopic (exact) mass is 424 g/mol. The number of aliphatic hydroxyl groups excluding tert-OH is 7. The van der Waals surface area contributed by atoms with Gasteiger partial charge in [0.15, 0.2) is 6.29 Å². The first kappa shape index (κ1) is 26.5. The normalized spacial score (nSPS) is 43.7. The Morgan fingerprint density at radius 3 is 2.18 bits per heavy atom. The Labute approximate surface area is 183 Å². The fourth-order valence-electron chi connectivity index (χ4n) is 2.89. The number of nitrogens with two attached hydrogens (primary N) is 1. The summed E-state index contributed by atoms with van der Waals surface area (Å²) in [6, 6.07) is 0. The fourth-order valence-corrected chi connectivity index (χ4v) is 2.89. The molecule has 2 rings (SSSR count). The van der Waals surface area contributed by atoms with Gasteiger partial charge in [-0.15, -0.1) is 0 Å². The van der Waals surface area contributed by atoms with E-state index >= 15 is 0 Å². The molecule has 0 radical (unpaired) electrons. The summed E-state index contributed by atoms with van der Waals surface area (Å²) < 4.78 is 16.0. The van der Waals surface area contributed by atoms with Crippen LogP contribution >= 0.6 is 0 Å². The molecule has 13 nitrogen and oxygen atoms in total. The number of ether oxygens (including phenoxy) is 3. The Morgan fingerprint density at radius 2 is 1.64 bits per heavy atom. The minimum absolute atomic E-state index is 0. The molecule has 0 spiro atoms. The van der Waals surface area contributed by atoms with Crippen molar-refractivity contribution >= 4 is 29.6 Å². The topological polar surface area (TPSA) is 217 Å². The summed E-state index contributed by atoms with van der Waals surface area (Å²) in [7, 11) is 0. The third-order valence-corrected chi connectivity index (χ3v) is 4.49. The van der Waals surface area contributed by atoms with Gasteiger partial charge >= 0.3 is 29.6 Å². The van der Waals surface area contributed by atoms with Crippen LogP contribution in [0, 0.1) is 0 Å². The molecule has 2 fully saturated rings. The zero-order chi connectivity index (χ0) is 20.2. The first-order chi connectivity index (χ1) is 12.8. The second-order valence-electron chi connectivity index (χ2n) is 6.37. The van der Waals surface area contributed by atoms with Crippen LogP contribution in [0.5, 0.6) is 0 Å². The number of hydrogen-bond donors (Lipinski definition) is 9. The number of aliphatic hydroxyl groups is 7. The Balaban J connectivity index is 0.00000392. The summed E-state index contributed by atoms with van der Waals surface area (Å²) in [5.41, 5.74) is 7.79. The van der Waals surface area contributed by atoms with E-state index in [4.69, 9.17) is 24.8 Å². The van der Waals surface area contributed by atoms with Crippen molar-refractivity contribution in [2.45, 2.75) is 54.8 Å². The van der Waals surface area contributed by atoms with Gasteiger partial charge in [-0.05, 0) is 0 Å². The maximum atomic E-state index is 10.1. The molecule has 28 heavy (non-hydrogen) atoms. The molecule has 0 aromatic carbocycles. The van der Waals surface area contributed by atoms with Gasteiger partial charge in [-0.1, -0.05) is 0 Å². The predicted octanol–water partition coefficient (Wildman–Crippen LogP) is -6.56. The Hall–Kier alpha value is 0.480. The number of hydrogen-bond acceptors (Lipinski definition) is 13. The quantitative estimate of drug-likeness (QED) is 0.0956. The molecule has 2 heterocycles. The summed E-state index contributed by atoms with van der Waals surface area (Å²) in [4.78, 5) is 5.04. The van der Waals surface area contributed by atoms with Crippen molar-refractivity contribution < 1.29 is 54.8 Å². The van der Waals surface area contributed by atoms with Crippen LogP contribution in [0.25, 0.3) is 0 Å². The molecule has 2 aliphatic heterocycles. The van der Waals surface area contributed by atoms with Crippen molar-refractivity contribution in [3.8, 4) is 0 Å². The average molecular weight is 424 g/mol. The molecule has 0 aromatic rings. The standard InChI is InChI=1S/C14H28N2O11.Na.H/c15-1-2-16-24-4-7-8(19)10(21)11(22)13(25-7)27-14(5-18)12(23)9(20)6(3-17)26-14;;/h6-13,16-23H,1-5,15H2;;/t6-,7-,8-,9-,10+,11-,12+,13-,14+;;/m1../s1. The Morgan fingerprint density at radius 1 is 0.964 bits per heavy atom. The van der Waals surface area contributed by atoms with Gasteiger partial charge in [0.2, 0.25) is 5.79 Å². The minimum atomic E-state index is -2.22. The van der Waals surface area contributed by atoms with Gasteiger partial charge in [-0.2, -0.15) is 0 Å². The summed E-state index contributed by atoms with van der Waals surface area (Å²) in [5, 5.41) is 69.0. The molecule has 2 saturated heterocycles. The summed E-state index contributed by atoms with van der Waals surface area (Å²) in [6.07, 6.45) is -12.4. The number of nitrogens with one attached hydrogen (secondary N) is 1. The van der Waals surface area contributed by atoms with Crippen molar-refractivity contribution in [2.75, 3.05) is 32.9 Å². The average Bonchev–Trinajstić information content (AvgIpc) is 2.91. The molecule has 10 N–H and O–H groups in total. The van der Waals surface area contributed by atoms with Crippen molar-refractivity contribution in [3.05, 3.63) is 0 Å². The van der Waals surface area contributed by atoms with Crippen LogP contribution in [-0.2, 0) is 19.0 Å². The van der Waals surface area contributed by atoms with E-state index in [9.17, 15) is 35.7 Å². The first-order valence-corrected chi connectivity index (χ1v) is 8.49. The zero-order valence-electron chi connectivity index (χ0n) is 14.5. The van der Waals surface area contributed by atoms with E-state index in [1.54, 1.807) is 0 Å². The van der Waals surface area contributed by atoms with E-state index in [1.165, 1.54) is 0 Å². The van der Waals surface area contributed by atoms with Gasteiger partial charge in [-0.3, -0.25) is 4.84 Å². The van der Waals surface area contributed by atoms with E-state index in [0.717, 1.165) is 0 Å². The second kappa shape index (κ2) is 11.8. The van der Waals surface area contributed by atoms with Gasteiger partial charge in [0.25, 0.3) is 0 Å². The van der Waals surface area contributed by atoms with Crippen molar-refractivity contribution in [3.63, 3.8) is 0 Å².